The summed E-state index contributed by atoms with van der Waals surface area (Å²) < 4.78 is 0. The Morgan fingerprint density at radius 1 is 0.750 bits per heavy atom. The Labute approximate surface area is 169 Å². The molecule has 0 bridgehead atoms. The molecule has 6 heteroatoms. The van der Waals surface area contributed by atoms with E-state index in [4.69, 9.17) is 10.2 Å². The molecule has 0 aromatic carbocycles. The van der Waals surface area contributed by atoms with Gasteiger partial charge in [0.2, 0.25) is 0 Å². The summed E-state index contributed by atoms with van der Waals surface area (Å²) in [7, 11) is 0. The molecule has 0 saturated carbocycles. The molecule has 0 aliphatic carbocycles. The van der Waals surface area contributed by atoms with Crippen molar-refractivity contribution < 1.29 is 19.8 Å². The zero-order chi connectivity index (χ0) is 17.7. The van der Waals surface area contributed by atoms with Gasteiger partial charge in [-0.05, 0) is 26.8 Å². The van der Waals surface area contributed by atoms with E-state index in [1.54, 1.807) is 18.7 Å². The molecule has 0 radical (unpaired) electrons. The van der Waals surface area contributed by atoms with Gasteiger partial charge in [0.25, 0.3) is 0 Å². The Balaban J connectivity index is 0. The molecule has 0 fully saturated rings. The Morgan fingerprint density at radius 2 is 1.08 bits per heavy atom. The Bertz CT molecular complexity index is 319. The first-order valence-electron chi connectivity index (χ1n) is 9.13. The molecule has 5 nitrogen and oxygen atoms in total. The summed E-state index contributed by atoms with van der Waals surface area (Å²) in [6, 6.07) is -1.53. The van der Waals surface area contributed by atoms with Gasteiger partial charge in [-0.2, -0.15) is 0 Å². The third-order valence-electron chi connectivity index (χ3n) is 4.48. The van der Waals surface area contributed by atoms with Gasteiger partial charge in [0.05, 0.1) is 0 Å². The molecular formula is C18H36NNaO4. The number of unbranched alkanes of at least 4 members (excludes halogenated alkanes) is 9. The molecule has 24 heavy (non-hydrogen) atoms. The van der Waals surface area contributed by atoms with E-state index in [9.17, 15) is 9.59 Å². The van der Waals surface area contributed by atoms with Gasteiger partial charge in [-0.3, -0.25) is 14.5 Å². The average molecular weight is 353 g/mol. The van der Waals surface area contributed by atoms with Gasteiger partial charge in [-0.15, -0.1) is 0 Å². The number of carbonyl (C=O) groups is 2. The van der Waals surface area contributed by atoms with Crippen molar-refractivity contribution in [1.29, 1.82) is 0 Å². The SMILES string of the molecule is CCCCCCCCCCCCN(C(C)C(=O)O)C(C)C(=O)O.[NaH]. The van der Waals surface area contributed by atoms with E-state index in [-0.39, 0.29) is 29.6 Å². The van der Waals surface area contributed by atoms with Crippen LogP contribution in [0.25, 0.3) is 0 Å². The first-order valence-corrected chi connectivity index (χ1v) is 9.13. The second-order valence-corrected chi connectivity index (χ2v) is 6.45. The van der Waals surface area contributed by atoms with E-state index >= 15 is 0 Å². The van der Waals surface area contributed by atoms with Gasteiger partial charge in [0, 0.05) is 0 Å². The number of rotatable bonds is 15. The predicted octanol–water partition coefficient (Wildman–Crippen LogP) is 3.51. The topological polar surface area (TPSA) is 77.8 Å². The zero-order valence-electron chi connectivity index (χ0n) is 15.1. The normalized spacial score (nSPS) is 13.3. The molecule has 0 spiro atoms. The Kier molecular flexibility index (Phi) is 17.8. The van der Waals surface area contributed by atoms with Crippen molar-refractivity contribution in [3.05, 3.63) is 0 Å². The number of nitrogens with zero attached hydrogens (tertiary/aromatic N) is 1. The van der Waals surface area contributed by atoms with E-state index in [1.165, 1.54) is 44.9 Å². The van der Waals surface area contributed by atoms with Crippen LogP contribution in [0.3, 0.4) is 0 Å². The van der Waals surface area contributed by atoms with Crippen LogP contribution in [0.15, 0.2) is 0 Å². The molecule has 0 rings (SSSR count). The van der Waals surface area contributed by atoms with Crippen LogP contribution in [0.1, 0.15) is 85.0 Å². The van der Waals surface area contributed by atoms with Crippen LogP contribution in [-0.4, -0.2) is 75.2 Å². The van der Waals surface area contributed by atoms with Crippen molar-refractivity contribution in [1.82, 2.24) is 4.90 Å². The van der Waals surface area contributed by atoms with Crippen LogP contribution >= 0.6 is 0 Å². The molecule has 0 aliphatic heterocycles. The summed E-state index contributed by atoms with van der Waals surface area (Å²) in [4.78, 5) is 23.8. The zero-order valence-corrected chi connectivity index (χ0v) is 15.1. The van der Waals surface area contributed by atoms with Crippen LogP contribution in [0, 0.1) is 0 Å². The molecule has 0 saturated heterocycles. The Morgan fingerprint density at radius 3 is 1.42 bits per heavy atom. The molecule has 2 unspecified atom stereocenters. The maximum absolute atomic E-state index is 11.1. The van der Waals surface area contributed by atoms with Crippen molar-refractivity contribution in [3.8, 4) is 0 Å². The molecule has 0 aliphatic rings. The molecule has 0 aromatic rings. The van der Waals surface area contributed by atoms with Crippen LogP contribution < -0.4 is 0 Å². The van der Waals surface area contributed by atoms with Gasteiger partial charge in [-0.25, -0.2) is 0 Å². The molecule has 2 atom stereocenters. The third kappa shape index (κ3) is 12.3. The number of aliphatic carboxylic acids is 2. The summed E-state index contributed by atoms with van der Waals surface area (Å²) in [5, 5.41) is 18.2. The number of carboxylic acids is 2. The average Bonchev–Trinajstić information content (AvgIpc) is 2.51. The Hall–Kier alpha value is -0.100. The van der Waals surface area contributed by atoms with Gasteiger partial charge >= 0.3 is 41.5 Å². The van der Waals surface area contributed by atoms with Crippen LogP contribution in [0.4, 0.5) is 0 Å². The molecule has 0 heterocycles. The summed E-state index contributed by atoms with van der Waals surface area (Å²) in [5.74, 6) is -1.93. The number of hydrogen-bond acceptors (Lipinski definition) is 3. The van der Waals surface area contributed by atoms with Gasteiger partial charge in [0.1, 0.15) is 12.1 Å². The fourth-order valence-corrected chi connectivity index (χ4v) is 2.79. The minimum atomic E-state index is -0.967. The van der Waals surface area contributed by atoms with Crippen molar-refractivity contribution in [2.45, 2.75) is 97.1 Å². The van der Waals surface area contributed by atoms with E-state index < -0.39 is 24.0 Å². The summed E-state index contributed by atoms with van der Waals surface area (Å²) in [5.41, 5.74) is 0. The molecule has 138 valence electrons. The standard InChI is InChI=1S/C18H35NO4.Na.H/c1-4-5-6-7-8-9-10-11-12-13-14-19(15(2)17(20)21)16(3)18(22)23;;/h15-16H,4-14H2,1-3H3,(H,20,21)(H,22,23);;. The fourth-order valence-electron chi connectivity index (χ4n) is 2.79. The van der Waals surface area contributed by atoms with E-state index in [1.807, 2.05) is 0 Å². The van der Waals surface area contributed by atoms with E-state index in [0.29, 0.717) is 6.54 Å². The van der Waals surface area contributed by atoms with Crippen molar-refractivity contribution in [2.24, 2.45) is 0 Å². The summed E-state index contributed by atoms with van der Waals surface area (Å²) in [6.45, 7) is 5.85. The molecular weight excluding hydrogens is 317 g/mol. The fraction of sp³-hybridized carbons (Fsp3) is 0.889. The summed E-state index contributed by atoms with van der Waals surface area (Å²) >= 11 is 0. The first kappa shape index (κ1) is 26.1. The van der Waals surface area contributed by atoms with E-state index in [0.717, 1.165) is 19.3 Å². The quantitative estimate of drug-likeness (QED) is 0.348. The number of hydrogen-bond donors (Lipinski definition) is 2. The van der Waals surface area contributed by atoms with Crippen molar-refractivity contribution in [2.75, 3.05) is 6.54 Å². The number of carboxylic acid groups (broad SMARTS) is 2. The van der Waals surface area contributed by atoms with Crippen LogP contribution in [0.5, 0.6) is 0 Å². The minimum absolute atomic E-state index is 0. The van der Waals surface area contributed by atoms with E-state index in [2.05, 4.69) is 6.92 Å². The van der Waals surface area contributed by atoms with Crippen LogP contribution in [-0.2, 0) is 9.59 Å². The summed E-state index contributed by atoms with van der Waals surface area (Å²) in [6.07, 6.45) is 12.1. The molecule has 2 N–H and O–H groups in total. The monoisotopic (exact) mass is 353 g/mol. The maximum atomic E-state index is 11.1. The first-order chi connectivity index (χ1) is 10.9. The second kappa shape index (κ2) is 16.4. The van der Waals surface area contributed by atoms with Gasteiger partial charge in [0.15, 0.2) is 0 Å². The molecule has 0 amide bonds. The van der Waals surface area contributed by atoms with Crippen molar-refractivity contribution in [3.63, 3.8) is 0 Å². The molecule has 0 aromatic heterocycles. The second-order valence-electron chi connectivity index (χ2n) is 6.45. The van der Waals surface area contributed by atoms with Gasteiger partial charge in [-0.1, -0.05) is 64.7 Å². The van der Waals surface area contributed by atoms with Crippen LogP contribution in [0.2, 0.25) is 0 Å². The third-order valence-corrected chi connectivity index (χ3v) is 4.48. The van der Waals surface area contributed by atoms with Crippen molar-refractivity contribution >= 4 is 41.5 Å². The van der Waals surface area contributed by atoms with Gasteiger partial charge < -0.3 is 10.2 Å². The predicted molar refractivity (Wildman–Crippen MR) is 99.9 cm³/mol.